The minimum absolute atomic E-state index is 0.157. The molecule has 0 N–H and O–H groups in total. The maximum Gasteiger partial charge on any atom is 0.127 e. The Morgan fingerprint density at radius 2 is 1.56 bits per heavy atom. The highest BCUT2D eigenvalue weighted by molar-refractivity contribution is 5.52. The van der Waals surface area contributed by atoms with Crippen molar-refractivity contribution in [3.63, 3.8) is 0 Å². The lowest BCUT2D eigenvalue weighted by Gasteiger charge is -2.45. The van der Waals surface area contributed by atoms with E-state index in [4.69, 9.17) is 14.2 Å². The second-order valence-corrected chi connectivity index (χ2v) is 10.0. The molecule has 4 heteroatoms. The standard InChI is InChI=1S/C30H35NO3.C2H6/c1-5-17-31-19-25(20-31)33-23-13-11-21(12-14-23)28-26-16-15-24(32-4)18-27(26)34-30(2,3)29(28)22-9-7-6-8-10-22;1-2/h6-16,18,25,28-29H,5,17,19-20H2,1-4H3;1-2H3/t28-,29+;/m1./s1. The first-order chi connectivity index (χ1) is 17.5. The number of hydrogen-bond donors (Lipinski definition) is 0. The number of rotatable bonds is 7. The first-order valence-corrected chi connectivity index (χ1v) is 13.4. The maximum atomic E-state index is 6.60. The lowest BCUT2D eigenvalue weighted by atomic mass is 9.68. The van der Waals surface area contributed by atoms with Crippen molar-refractivity contribution in [1.29, 1.82) is 0 Å². The minimum Gasteiger partial charge on any atom is -0.497 e. The Morgan fingerprint density at radius 1 is 0.889 bits per heavy atom. The summed E-state index contributed by atoms with van der Waals surface area (Å²) in [6, 6.07) is 25.7. The summed E-state index contributed by atoms with van der Waals surface area (Å²) in [6.45, 7) is 13.8. The Hall–Kier alpha value is -2.98. The molecule has 0 spiro atoms. The summed E-state index contributed by atoms with van der Waals surface area (Å²) in [4.78, 5) is 2.44. The molecule has 0 unspecified atom stereocenters. The van der Waals surface area contributed by atoms with Gasteiger partial charge in [-0.05, 0) is 56.1 Å². The van der Waals surface area contributed by atoms with Crippen LogP contribution in [-0.2, 0) is 0 Å². The highest BCUT2D eigenvalue weighted by Gasteiger charge is 2.45. The minimum atomic E-state index is -0.394. The van der Waals surface area contributed by atoms with E-state index >= 15 is 0 Å². The van der Waals surface area contributed by atoms with Crippen LogP contribution < -0.4 is 14.2 Å². The molecule has 3 aromatic carbocycles. The van der Waals surface area contributed by atoms with Gasteiger partial charge in [0.15, 0.2) is 0 Å². The third kappa shape index (κ3) is 5.39. The Bertz CT molecular complexity index is 1100. The third-order valence-electron chi connectivity index (χ3n) is 7.18. The van der Waals surface area contributed by atoms with Gasteiger partial charge in [-0.25, -0.2) is 0 Å². The molecule has 1 fully saturated rings. The molecule has 2 aliphatic rings. The van der Waals surface area contributed by atoms with E-state index < -0.39 is 5.60 Å². The average Bonchev–Trinajstić information content (AvgIpc) is 2.88. The predicted octanol–water partition coefficient (Wildman–Crippen LogP) is 7.28. The van der Waals surface area contributed by atoms with E-state index in [0.29, 0.717) is 6.10 Å². The van der Waals surface area contributed by atoms with Crippen LogP contribution in [0.2, 0.25) is 0 Å². The molecule has 0 aromatic heterocycles. The molecular weight excluding hydrogens is 446 g/mol. The van der Waals surface area contributed by atoms with Gasteiger partial charge in [-0.3, -0.25) is 4.90 Å². The number of methoxy groups -OCH3 is 1. The lowest BCUT2D eigenvalue weighted by molar-refractivity contribution is 0.0202. The fourth-order valence-electron chi connectivity index (χ4n) is 5.58. The van der Waals surface area contributed by atoms with E-state index in [1.807, 2.05) is 26.0 Å². The summed E-state index contributed by atoms with van der Waals surface area (Å²) < 4.78 is 18.3. The van der Waals surface area contributed by atoms with Crippen LogP contribution in [0.25, 0.3) is 0 Å². The van der Waals surface area contributed by atoms with Crippen molar-refractivity contribution in [2.75, 3.05) is 26.7 Å². The second-order valence-electron chi connectivity index (χ2n) is 10.0. The zero-order valence-corrected chi connectivity index (χ0v) is 22.7. The summed E-state index contributed by atoms with van der Waals surface area (Å²) in [6.07, 6.45) is 1.49. The van der Waals surface area contributed by atoms with Gasteiger partial charge < -0.3 is 14.2 Å². The predicted molar refractivity (Wildman–Crippen MR) is 148 cm³/mol. The van der Waals surface area contributed by atoms with Gasteiger partial charge in [-0.1, -0.05) is 69.3 Å². The van der Waals surface area contributed by atoms with Crippen molar-refractivity contribution in [2.45, 2.75) is 64.6 Å². The van der Waals surface area contributed by atoms with E-state index in [1.165, 1.54) is 23.1 Å². The number of fused-ring (bicyclic) bond motifs is 1. The van der Waals surface area contributed by atoms with Crippen LogP contribution >= 0.6 is 0 Å². The SMILES string of the molecule is CC.CCCN1CC(Oc2ccc([C@@H]3c4ccc(OC)cc4OC(C)(C)[C@H]3c3ccccc3)cc2)C1. The molecule has 4 nitrogen and oxygen atoms in total. The third-order valence-corrected chi connectivity index (χ3v) is 7.18. The van der Waals surface area contributed by atoms with Crippen LogP contribution in [0.1, 0.15) is 69.6 Å². The first kappa shape index (κ1) is 26.1. The molecule has 2 aliphatic heterocycles. The number of benzene rings is 3. The van der Waals surface area contributed by atoms with Crippen LogP contribution in [0.5, 0.6) is 17.2 Å². The fraction of sp³-hybridized carbons (Fsp3) is 0.438. The van der Waals surface area contributed by atoms with Crippen molar-refractivity contribution in [3.8, 4) is 17.2 Å². The zero-order chi connectivity index (χ0) is 25.7. The number of hydrogen-bond acceptors (Lipinski definition) is 4. The maximum absolute atomic E-state index is 6.60. The smallest absolute Gasteiger partial charge is 0.127 e. The van der Waals surface area contributed by atoms with Crippen molar-refractivity contribution in [2.24, 2.45) is 0 Å². The molecular formula is C32H41NO3. The molecule has 0 bridgehead atoms. The molecule has 0 saturated carbocycles. The molecule has 3 aromatic rings. The van der Waals surface area contributed by atoms with Gasteiger partial charge in [0.25, 0.3) is 0 Å². The molecule has 192 valence electrons. The summed E-state index contributed by atoms with van der Waals surface area (Å²) in [5.41, 5.74) is 3.35. The summed E-state index contributed by atoms with van der Waals surface area (Å²) >= 11 is 0. The average molecular weight is 488 g/mol. The van der Waals surface area contributed by atoms with Crippen LogP contribution in [0.4, 0.5) is 0 Å². The molecule has 36 heavy (non-hydrogen) atoms. The monoisotopic (exact) mass is 487 g/mol. The van der Waals surface area contributed by atoms with E-state index in [-0.39, 0.29) is 11.8 Å². The summed E-state index contributed by atoms with van der Waals surface area (Å²) in [5.74, 6) is 2.98. The number of nitrogens with zero attached hydrogens (tertiary/aromatic N) is 1. The molecule has 5 rings (SSSR count). The van der Waals surface area contributed by atoms with Crippen molar-refractivity contribution >= 4 is 0 Å². The van der Waals surface area contributed by atoms with E-state index in [9.17, 15) is 0 Å². The van der Waals surface area contributed by atoms with Crippen LogP contribution in [0.3, 0.4) is 0 Å². The molecule has 0 amide bonds. The van der Waals surface area contributed by atoms with Crippen molar-refractivity contribution < 1.29 is 14.2 Å². The van der Waals surface area contributed by atoms with E-state index in [0.717, 1.165) is 36.9 Å². The molecule has 0 radical (unpaired) electrons. The molecule has 1 saturated heterocycles. The summed E-state index contributed by atoms with van der Waals surface area (Å²) in [5, 5.41) is 0. The normalized spacial score (nSPS) is 20.7. The Morgan fingerprint density at radius 3 is 2.19 bits per heavy atom. The van der Waals surface area contributed by atoms with E-state index in [1.54, 1.807) is 7.11 Å². The quantitative estimate of drug-likeness (QED) is 0.350. The van der Waals surface area contributed by atoms with Crippen LogP contribution in [0, 0.1) is 0 Å². The molecule has 2 atom stereocenters. The topological polar surface area (TPSA) is 30.9 Å². The van der Waals surface area contributed by atoms with Crippen LogP contribution in [-0.4, -0.2) is 43.3 Å². The van der Waals surface area contributed by atoms with Crippen molar-refractivity contribution in [1.82, 2.24) is 4.90 Å². The van der Waals surface area contributed by atoms with Gasteiger partial charge in [0.1, 0.15) is 29.0 Å². The Labute approximate surface area is 217 Å². The van der Waals surface area contributed by atoms with Crippen molar-refractivity contribution in [3.05, 3.63) is 89.5 Å². The van der Waals surface area contributed by atoms with Gasteiger partial charge in [-0.15, -0.1) is 0 Å². The number of likely N-dealkylation sites (tertiary alicyclic amines) is 1. The van der Waals surface area contributed by atoms with Gasteiger partial charge >= 0.3 is 0 Å². The Balaban J connectivity index is 0.00000148. The van der Waals surface area contributed by atoms with Crippen LogP contribution in [0.15, 0.2) is 72.8 Å². The first-order valence-electron chi connectivity index (χ1n) is 13.4. The van der Waals surface area contributed by atoms with Gasteiger partial charge in [0.05, 0.1) is 7.11 Å². The van der Waals surface area contributed by atoms with Gasteiger partial charge in [-0.2, -0.15) is 0 Å². The fourth-order valence-corrected chi connectivity index (χ4v) is 5.58. The zero-order valence-electron chi connectivity index (χ0n) is 22.7. The highest BCUT2D eigenvalue weighted by Crippen LogP contribution is 2.53. The number of ether oxygens (including phenoxy) is 3. The summed E-state index contributed by atoms with van der Waals surface area (Å²) in [7, 11) is 1.70. The largest absolute Gasteiger partial charge is 0.497 e. The highest BCUT2D eigenvalue weighted by atomic mass is 16.5. The van der Waals surface area contributed by atoms with Gasteiger partial charge in [0.2, 0.25) is 0 Å². The molecule has 2 heterocycles. The lowest BCUT2D eigenvalue weighted by Crippen LogP contribution is -2.53. The Kier molecular flexibility index (Phi) is 8.25. The van der Waals surface area contributed by atoms with Gasteiger partial charge in [0, 0.05) is 36.6 Å². The molecule has 0 aliphatic carbocycles. The van der Waals surface area contributed by atoms with E-state index in [2.05, 4.69) is 86.3 Å². The second kappa shape index (κ2) is 11.4.